The monoisotopic (exact) mass is 438 g/mol. The predicted molar refractivity (Wildman–Crippen MR) is 116 cm³/mol. The van der Waals surface area contributed by atoms with E-state index in [-0.39, 0.29) is 20.5 Å². The minimum Gasteiger partial charge on any atom is -0.409 e. The molecule has 1 fully saturated rings. The van der Waals surface area contributed by atoms with Crippen molar-refractivity contribution < 1.29 is 27.3 Å². The second kappa shape index (κ2) is 9.70. The highest BCUT2D eigenvalue weighted by molar-refractivity contribution is 7.52. The number of ether oxygens (including phenoxy) is 1. The molecule has 0 aliphatic carbocycles. The zero-order chi connectivity index (χ0) is 21.1. The van der Waals surface area contributed by atoms with E-state index in [4.69, 9.17) is 30.6 Å². The number of rotatable bonds is 10. The van der Waals surface area contributed by atoms with Crippen molar-refractivity contribution in [1.82, 2.24) is 0 Å². The Kier molecular flexibility index (Phi) is 9.26. The summed E-state index contributed by atoms with van der Waals surface area (Å²) >= 11 is 0. The molecule has 0 bridgehead atoms. The van der Waals surface area contributed by atoms with E-state index in [2.05, 4.69) is 33.9 Å². The van der Waals surface area contributed by atoms with E-state index < -0.39 is 39.7 Å². The van der Waals surface area contributed by atoms with Crippen LogP contribution in [0.15, 0.2) is 0 Å². The molecule has 1 aliphatic heterocycles. The Morgan fingerprint density at radius 3 is 2.37 bits per heavy atom. The highest BCUT2D eigenvalue weighted by Crippen LogP contribution is 2.48. The van der Waals surface area contributed by atoms with Crippen LogP contribution in [0.25, 0.3) is 0 Å². The van der Waals surface area contributed by atoms with Gasteiger partial charge in [-0.25, -0.2) is 0 Å². The van der Waals surface area contributed by atoms with Crippen LogP contribution >= 0.6 is 16.4 Å². The first-order chi connectivity index (χ1) is 12.2. The van der Waals surface area contributed by atoms with Gasteiger partial charge in [0, 0.05) is 21.5 Å². The molecule has 27 heavy (non-hydrogen) atoms. The Bertz CT molecular complexity index is 530. The maximum absolute atomic E-state index is 12.5. The summed E-state index contributed by atoms with van der Waals surface area (Å²) in [6.45, 7) is 18.6. The van der Waals surface area contributed by atoms with Crippen molar-refractivity contribution in [3.05, 3.63) is 0 Å². The van der Waals surface area contributed by atoms with E-state index in [1.54, 1.807) is 0 Å². The summed E-state index contributed by atoms with van der Waals surface area (Å²) in [5, 5.41) is 0.0361. The first-order valence-electron chi connectivity index (χ1n) is 9.49. The summed E-state index contributed by atoms with van der Waals surface area (Å²) in [6.07, 6.45) is -0.0406. The number of hydrogen-bond donors (Lipinski definition) is 0. The first kappa shape index (κ1) is 25.8. The molecule has 1 rings (SSSR count). The van der Waals surface area contributed by atoms with Gasteiger partial charge in [0.15, 0.2) is 8.32 Å². The van der Waals surface area contributed by atoms with Gasteiger partial charge in [-0.1, -0.05) is 27.7 Å². The Morgan fingerprint density at radius 1 is 1.30 bits per heavy atom. The van der Waals surface area contributed by atoms with Crippen molar-refractivity contribution in [3.8, 4) is 0 Å². The molecule has 10 heteroatoms. The zero-order valence-electron chi connectivity index (χ0n) is 18.3. The third-order valence-electron chi connectivity index (χ3n) is 5.23. The molecule has 1 aliphatic rings. The molecule has 2 radical (unpaired) electrons. The molecule has 1 heterocycles. The standard InChI is InChI=1S/C17H37BO6P2Si/c1-10-11-20-26(7,19)21-12-17(5)14(23-25-6)13(15(18)22-17)24-27(8,9)16(2,3)4/h13-15,25H,10-12H2,1-9H3/t13?,14-,15-,17-,26?/m1/s1. The van der Waals surface area contributed by atoms with Gasteiger partial charge in [0.2, 0.25) is 0 Å². The van der Waals surface area contributed by atoms with Gasteiger partial charge in [-0.3, -0.25) is 4.57 Å². The topological polar surface area (TPSA) is 63.2 Å². The Labute approximate surface area is 169 Å². The Morgan fingerprint density at radius 2 is 1.89 bits per heavy atom. The Hall–Kier alpha value is 0.742. The van der Waals surface area contributed by atoms with Crippen LogP contribution in [0.3, 0.4) is 0 Å². The van der Waals surface area contributed by atoms with Gasteiger partial charge in [0.05, 0.1) is 19.3 Å². The van der Waals surface area contributed by atoms with E-state index in [9.17, 15) is 4.57 Å². The van der Waals surface area contributed by atoms with E-state index in [1.807, 2.05) is 20.5 Å². The third kappa shape index (κ3) is 6.89. The minimum atomic E-state index is -3.16. The lowest BCUT2D eigenvalue weighted by Gasteiger charge is -2.41. The van der Waals surface area contributed by atoms with Gasteiger partial charge >= 0.3 is 7.60 Å². The lowest BCUT2D eigenvalue weighted by Crippen LogP contribution is -2.52. The smallest absolute Gasteiger partial charge is 0.327 e. The van der Waals surface area contributed by atoms with Crippen LogP contribution in [0.4, 0.5) is 0 Å². The molecule has 6 nitrogen and oxygen atoms in total. The number of hydrogen-bond acceptors (Lipinski definition) is 6. The van der Waals surface area contributed by atoms with Gasteiger partial charge in [0.25, 0.3) is 0 Å². The molecule has 0 aromatic carbocycles. The predicted octanol–water partition coefficient (Wildman–Crippen LogP) is 4.53. The van der Waals surface area contributed by atoms with Crippen LogP contribution in [0.2, 0.25) is 18.1 Å². The second-order valence-electron chi connectivity index (χ2n) is 8.86. The van der Waals surface area contributed by atoms with Gasteiger partial charge in [-0.05, 0) is 38.1 Å². The quantitative estimate of drug-likeness (QED) is 0.369. The van der Waals surface area contributed by atoms with Crippen LogP contribution in [-0.4, -0.2) is 66.5 Å². The van der Waals surface area contributed by atoms with Gasteiger partial charge < -0.3 is 22.7 Å². The fourth-order valence-electron chi connectivity index (χ4n) is 2.59. The molecule has 0 aromatic heterocycles. The van der Waals surface area contributed by atoms with Gasteiger partial charge in [-0.15, -0.1) is 0 Å². The van der Waals surface area contributed by atoms with Gasteiger partial charge in [0.1, 0.15) is 19.6 Å². The van der Waals surface area contributed by atoms with Crippen molar-refractivity contribution in [2.45, 2.75) is 83.0 Å². The maximum atomic E-state index is 12.5. The molecular formula is C17H37BO6P2Si. The van der Waals surface area contributed by atoms with E-state index in [0.717, 1.165) is 6.42 Å². The molecule has 6 atom stereocenters. The lowest BCUT2D eigenvalue weighted by molar-refractivity contribution is -0.0709. The molecule has 0 N–H and O–H groups in total. The maximum Gasteiger partial charge on any atom is 0.327 e. The fourth-order valence-corrected chi connectivity index (χ4v) is 5.59. The van der Waals surface area contributed by atoms with Crippen molar-refractivity contribution in [1.29, 1.82) is 0 Å². The van der Waals surface area contributed by atoms with E-state index in [0.29, 0.717) is 6.61 Å². The van der Waals surface area contributed by atoms with Crippen molar-refractivity contribution >= 4 is 32.6 Å². The largest absolute Gasteiger partial charge is 0.409 e. The Balaban J connectivity index is 2.96. The average molecular weight is 438 g/mol. The zero-order valence-corrected chi connectivity index (χ0v) is 21.2. The van der Waals surface area contributed by atoms with Crippen molar-refractivity contribution in [2.75, 3.05) is 26.5 Å². The summed E-state index contributed by atoms with van der Waals surface area (Å²) in [5.74, 6) is 0. The van der Waals surface area contributed by atoms with Crippen LogP contribution in [-0.2, 0) is 27.3 Å². The van der Waals surface area contributed by atoms with Crippen molar-refractivity contribution in [2.24, 2.45) is 0 Å². The first-order valence-corrected chi connectivity index (χ1v) is 15.8. The van der Waals surface area contributed by atoms with E-state index >= 15 is 0 Å². The SMILES string of the molecule is [B][C@@H]1O[C@](C)(COP(C)(=O)OCCC)[C@H](OPC)C1O[Si](C)(C)C(C)(C)C. The minimum absolute atomic E-state index is 0.0361. The summed E-state index contributed by atoms with van der Waals surface area (Å²) in [6, 6.07) is -0.637. The molecule has 0 spiro atoms. The molecular weight excluding hydrogens is 401 g/mol. The summed E-state index contributed by atoms with van der Waals surface area (Å²) in [5.41, 5.74) is -0.864. The van der Waals surface area contributed by atoms with Crippen LogP contribution in [0.5, 0.6) is 0 Å². The summed E-state index contributed by atoms with van der Waals surface area (Å²) < 4.78 is 42.0. The summed E-state index contributed by atoms with van der Waals surface area (Å²) in [4.78, 5) is 0. The third-order valence-corrected chi connectivity index (χ3v) is 11.4. The second-order valence-corrected chi connectivity index (χ2v) is 16.3. The average Bonchev–Trinajstić information content (AvgIpc) is 2.75. The lowest BCUT2D eigenvalue weighted by atomic mass is 9.90. The van der Waals surface area contributed by atoms with Crippen LogP contribution < -0.4 is 0 Å². The fraction of sp³-hybridized carbons (Fsp3) is 1.00. The molecule has 0 saturated carbocycles. The van der Waals surface area contributed by atoms with E-state index in [1.165, 1.54) is 6.66 Å². The molecule has 0 amide bonds. The summed E-state index contributed by atoms with van der Waals surface area (Å²) in [7, 11) is 1.29. The molecule has 0 aromatic rings. The van der Waals surface area contributed by atoms with Crippen LogP contribution in [0.1, 0.15) is 41.0 Å². The normalized spacial score (nSPS) is 32.3. The highest BCUT2D eigenvalue weighted by Gasteiger charge is 2.55. The molecule has 158 valence electrons. The molecule has 3 unspecified atom stereocenters. The van der Waals surface area contributed by atoms with Gasteiger partial charge in [-0.2, -0.15) is 0 Å². The molecule has 1 saturated heterocycles. The highest BCUT2D eigenvalue weighted by atomic mass is 31.2. The van der Waals surface area contributed by atoms with Crippen molar-refractivity contribution in [3.63, 3.8) is 0 Å². The van der Waals surface area contributed by atoms with Crippen LogP contribution in [0, 0.1) is 0 Å².